The van der Waals surface area contributed by atoms with Gasteiger partial charge in [-0.2, -0.15) is 0 Å². The fraction of sp³-hybridized carbons (Fsp3) is 0.278. The van der Waals surface area contributed by atoms with Gasteiger partial charge in [-0.1, -0.05) is 30.9 Å². The van der Waals surface area contributed by atoms with E-state index < -0.39 is 0 Å². The number of nitrogens with zero attached hydrogens (tertiary/aromatic N) is 2. The predicted molar refractivity (Wildman–Crippen MR) is 98.6 cm³/mol. The molecular weight excluding hydrogens is 305 g/mol. The summed E-state index contributed by atoms with van der Waals surface area (Å²) in [7, 11) is 2.62. The monoisotopic (exact) mass is 327 g/mol. The Morgan fingerprint density at radius 2 is 2.35 bits per heavy atom. The van der Waals surface area contributed by atoms with Gasteiger partial charge in [0, 0.05) is 36.1 Å². The molecule has 120 valence electrons. The van der Waals surface area contributed by atoms with Crippen LogP contribution in [0.15, 0.2) is 53.5 Å². The minimum absolute atomic E-state index is 0.0319. The number of pyridine rings is 1. The first-order chi connectivity index (χ1) is 11.1. The molecule has 23 heavy (non-hydrogen) atoms. The lowest BCUT2D eigenvalue weighted by molar-refractivity contribution is -0.120. The molecule has 0 aliphatic carbocycles. The number of aryl methyl sites for hydroxylation is 1. The Bertz CT molecular complexity index is 690. The van der Waals surface area contributed by atoms with Gasteiger partial charge in [-0.05, 0) is 30.3 Å². The Labute approximate surface area is 139 Å². The number of rotatable bonds is 7. The van der Waals surface area contributed by atoms with E-state index >= 15 is 0 Å². The van der Waals surface area contributed by atoms with Gasteiger partial charge in [0.2, 0.25) is 5.91 Å². The molecule has 2 rings (SSSR count). The Kier molecular flexibility index (Phi) is 6.42. The summed E-state index contributed by atoms with van der Waals surface area (Å²) in [5.41, 5.74) is 4.32. The summed E-state index contributed by atoms with van der Waals surface area (Å²) in [6.07, 6.45) is 10.3. The van der Waals surface area contributed by atoms with Crippen LogP contribution in [0.25, 0.3) is 0 Å². The highest BCUT2D eigenvalue weighted by atomic mass is 31.0. The number of fused-ring (bicyclic) bond motifs is 1. The van der Waals surface area contributed by atoms with Gasteiger partial charge in [0.1, 0.15) is 0 Å². The van der Waals surface area contributed by atoms with Gasteiger partial charge in [0.15, 0.2) is 0 Å². The van der Waals surface area contributed by atoms with Crippen LogP contribution in [0.5, 0.6) is 0 Å². The Hall–Kier alpha value is -2.06. The largest absolute Gasteiger partial charge is 0.353 e. The van der Waals surface area contributed by atoms with Crippen molar-refractivity contribution >= 4 is 20.9 Å². The fourth-order valence-corrected chi connectivity index (χ4v) is 2.69. The smallest absolute Gasteiger partial charge is 0.220 e. The minimum atomic E-state index is 0.0319. The van der Waals surface area contributed by atoms with E-state index in [9.17, 15) is 4.79 Å². The number of nitrogens with one attached hydrogen (secondary N) is 1. The molecule has 0 fully saturated rings. The van der Waals surface area contributed by atoms with Crippen LogP contribution in [0, 0.1) is 6.92 Å². The molecule has 1 atom stereocenters. The van der Waals surface area contributed by atoms with Crippen molar-refractivity contribution in [3.8, 4) is 0 Å². The number of hydrogen-bond acceptors (Lipinski definition) is 3. The van der Waals surface area contributed by atoms with Crippen LogP contribution < -0.4 is 5.32 Å². The zero-order valence-electron chi connectivity index (χ0n) is 13.4. The van der Waals surface area contributed by atoms with Crippen molar-refractivity contribution in [1.29, 1.82) is 0 Å². The number of aromatic nitrogens is 1. The first-order valence-corrected chi connectivity index (χ1v) is 8.19. The molecular formula is C18H22N3OP. The van der Waals surface area contributed by atoms with Crippen LogP contribution in [0.1, 0.15) is 29.7 Å². The number of amides is 1. The predicted octanol–water partition coefficient (Wildman–Crippen LogP) is 3.09. The number of aliphatic imine (C=N–C) groups is 1. The maximum Gasteiger partial charge on any atom is 0.220 e. The van der Waals surface area contributed by atoms with Crippen molar-refractivity contribution in [3.05, 3.63) is 65.3 Å². The zero-order chi connectivity index (χ0) is 16.7. The molecule has 1 aromatic rings. The number of hydrogen-bond donors (Lipinski definition) is 1. The highest BCUT2D eigenvalue weighted by Gasteiger charge is 2.18. The number of carbonyl (C=O) groups is 1. The average molecular weight is 327 g/mol. The zero-order valence-corrected chi connectivity index (χ0v) is 14.5. The molecule has 0 aromatic carbocycles. The Morgan fingerprint density at radius 1 is 1.52 bits per heavy atom. The summed E-state index contributed by atoms with van der Waals surface area (Å²) in [5, 5.41) is 3.91. The van der Waals surface area contributed by atoms with E-state index in [-0.39, 0.29) is 5.91 Å². The van der Waals surface area contributed by atoms with Crippen molar-refractivity contribution in [2.45, 2.75) is 26.3 Å². The lowest BCUT2D eigenvalue weighted by Crippen LogP contribution is -2.24. The SMILES string of the molecule is C=C/C=C\C(P)=C/CNC(=O)CCC1=NCc2ccnc(C)c21. The van der Waals surface area contributed by atoms with Crippen LogP contribution in [0.4, 0.5) is 0 Å². The fourth-order valence-electron chi connectivity index (χ4n) is 2.46. The summed E-state index contributed by atoms with van der Waals surface area (Å²) in [5.74, 6) is 0.0319. The van der Waals surface area contributed by atoms with Gasteiger partial charge in [-0.3, -0.25) is 14.8 Å². The molecule has 5 heteroatoms. The van der Waals surface area contributed by atoms with Crippen LogP contribution in [0.3, 0.4) is 0 Å². The molecule has 2 heterocycles. The van der Waals surface area contributed by atoms with E-state index in [0.29, 0.717) is 25.9 Å². The summed E-state index contributed by atoms with van der Waals surface area (Å²) in [6.45, 7) is 6.82. The van der Waals surface area contributed by atoms with Gasteiger partial charge in [-0.15, -0.1) is 9.24 Å². The first-order valence-electron chi connectivity index (χ1n) is 7.61. The van der Waals surface area contributed by atoms with Crippen molar-refractivity contribution in [2.75, 3.05) is 6.54 Å². The van der Waals surface area contributed by atoms with Crippen LogP contribution in [-0.4, -0.2) is 23.1 Å². The maximum atomic E-state index is 11.9. The molecule has 0 saturated heterocycles. The van der Waals surface area contributed by atoms with Crippen LogP contribution >= 0.6 is 9.24 Å². The summed E-state index contributed by atoms with van der Waals surface area (Å²) in [6, 6.07) is 2.00. The number of allylic oxidation sites excluding steroid dienone is 4. The van der Waals surface area contributed by atoms with E-state index in [4.69, 9.17) is 0 Å². The van der Waals surface area contributed by atoms with Gasteiger partial charge in [0.05, 0.1) is 6.54 Å². The van der Waals surface area contributed by atoms with Crippen LogP contribution in [-0.2, 0) is 11.3 Å². The lowest BCUT2D eigenvalue weighted by Gasteiger charge is -2.07. The Morgan fingerprint density at radius 3 is 3.13 bits per heavy atom. The molecule has 0 saturated carbocycles. The number of carbonyl (C=O) groups excluding carboxylic acids is 1. The Balaban J connectivity index is 1.81. The van der Waals surface area contributed by atoms with Gasteiger partial charge >= 0.3 is 0 Å². The molecule has 1 aromatic heterocycles. The molecule has 0 radical (unpaired) electrons. The van der Waals surface area contributed by atoms with E-state index in [1.807, 2.05) is 37.4 Å². The van der Waals surface area contributed by atoms with E-state index in [1.165, 1.54) is 5.56 Å². The highest BCUT2D eigenvalue weighted by Crippen LogP contribution is 2.22. The summed E-state index contributed by atoms with van der Waals surface area (Å²) >= 11 is 0. The molecule has 0 spiro atoms. The van der Waals surface area contributed by atoms with E-state index in [2.05, 4.69) is 31.1 Å². The van der Waals surface area contributed by atoms with Crippen LogP contribution in [0.2, 0.25) is 0 Å². The topological polar surface area (TPSA) is 54.4 Å². The second-order valence-electron chi connectivity index (χ2n) is 5.30. The normalized spacial score (nSPS) is 13.8. The van der Waals surface area contributed by atoms with Crippen molar-refractivity contribution in [1.82, 2.24) is 10.3 Å². The molecule has 4 nitrogen and oxygen atoms in total. The van der Waals surface area contributed by atoms with E-state index in [1.54, 1.807) is 6.08 Å². The minimum Gasteiger partial charge on any atom is -0.353 e. The van der Waals surface area contributed by atoms with Crippen molar-refractivity contribution in [2.24, 2.45) is 4.99 Å². The van der Waals surface area contributed by atoms with Crippen molar-refractivity contribution < 1.29 is 4.79 Å². The molecule has 1 aliphatic rings. The average Bonchev–Trinajstić information content (AvgIpc) is 2.95. The molecule has 1 unspecified atom stereocenters. The summed E-state index contributed by atoms with van der Waals surface area (Å²) in [4.78, 5) is 20.8. The van der Waals surface area contributed by atoms with Gasteiger partial charge in [0.25, 0.3) is 0 Å². The quantitative estimate of drug-likeness (QED) is 0.618. The molecule has 1 N–H and O–H groups in total. The third-order valence-electron chi connectivity index (χ3n) is 3.61. The third kappa shape index (κ3) is 4.97. The highest BCUT2D eigenvalue weighted by molar-refractivity contribution is 7.22. The van der Waals surface area contributed by atoms with E-state index in [0.717, 1.165) is 22.3 Å². The maximum absolute atomic E-state index is 11.9. The van der Waals surface area contributed by atoms with Gasteiger partial charge < -0.3 is 5.32 Å². The van der Waals surface area contributed by atoms with Crippen molar-refractivity contribution in [3.63, 3.8) is 0 Å². The standard InChI is InChI=1S/C18H22N3OP/c1-3-4-5-15(23)9-11-20-17(22)7-6-16-18-13(2)19-10-8-14(18)12-21-16/h3-5,8-10H,1,6-7,11-12,23H2,2H3,(H,20,22)/b5-4-,15-9+. The second-order valence-corrected chi connectivity index (χ2v) is 5.96. The second kappa shape index (κ2) is 8.54. The lowest BCUT2D eigenvalue weighted by atomic mass is 10.0. The summed E-state index contributed by atoms with van der Waals surface area (Å²) < 4.78 is 0. The third-order valence-corrected chi connectivity index (χ3v) is 4.03. The van der Waals surface area contributed by atoms with Gasteiger partial charge in [-0.25, -0.2) is 0 Å². The first kappa shape index (κ1) is 17.3. The molecule has 0 bridgehead atoms. The molecule has 1 amide bonds. The molecule has 1 aliphatic heterocycles.